The van der Waals surface area contributed by atoms with Gasteiger partial charge in [-0.15, -0.1) is 0 Å². The standard InChI is InChI=1S/C22H40N2O4/c1-5-17-11-23(12-18(17)6-2)21(25)15-27-9-10-28-16-22(26)24-13-19(7-3)20(8-4)14-24/h17-20H,5-16H2,1-4H3. The first-order chi connectivity index (χ1) is 13.5. The van der Waals surface area contributed by atoms with Crippen LogP contribution in [0, 0.1) is 23.7 Å². The molecule has 2 fully saturated rings. The van der Waals surface area contributed by atoms with Crippen molar-refractivity contribution < 1.29 is 19.1 Å². The molecule has 2 saturated heterocycles. The smallest absolute Gasteiger partial charge is 0.248 e. The quantitative estimate of drug-likeness (QED) is 0.504. The van der Waals surface area contributed by atoms with Gasteiger partial charge < -0.3 is 19.3 Å². The van der Waals surface area contributed by atoms with Crippen LogP contribution in [0.25, 0.3) is 0 Å². The zero-order chi connectivity index (χ0) is 20.5. The second-order valence-electron chi connectivity index (χ2n) is 8.38. The molecule has 2 amide bonds. The lowest BCUT2D eigenvalue weighted by molar-refractivity contribution is -0.138. The van der Waals surface area contributed by atoms with E-state index in [1.807, 2.05) is 9.80 Å². The molecule has 0 aromatic carbocycles. The molecule has 2 heterocycles. The minimum atomic E-state index is 0.0683. The predicted octanol–water partition coefficient (Wildman–Crippen LogP) is 2.81. The van der Waals surface area contributed by atoms with Crippen LogP contribution in [0.15, 0.2) is 0 Å². The van der Waals surface area contributed by atoms with Crippen LogP contribution in [0.5, 0.6) is 0 Å². The van der Waals surface area contributed by atoms with E-state index in [1.165, 1.54) is 0 Å². The maximum Gasteiger partial charge on any atom is 0.248 e. The summed E-state index contributed by atoms with van der Waals surface area (Å²) in [6.07, 6.45) is 4.50. The molecule has 2 aliphatic heterocycles. The van der Waals surface area contributed by atoms with Crippen LogP contribution in [-0.4, -0.2) is 74.2 Å². The molecule has 2 aliphatic rings. The average Bonchev–Trinajstić information content (AvgIpc) is 3.33. The summed E-state index contributed by atoms with van der Waals surface area (Å²) in [5.41, 5.74) is 0. The highest BCUT2D eigenvalue weighted by molar-refractivity contribution is 5.78. The van der Waals surface area contributed by atoms with Crippen LogP contribution in [0.3, 0.4) is 0 Å². The fourth-order valence-electron chi connectivity index (χ4n) is 4.75. The molecule has 4 unspecified atom stereocenters. The Labute approximate surface area is 170 Å². The topological polar surface area (TPSA) is 59.1 Å². The molecule has 0 aliphatic carbocycles. The Kier molecular flexibility index (Phi) is 9.72. The van der Waals surface area contributed by atoms with Gasteiger partial charge in [0.05, 0.1) is 13.2 Å². The van der Waals surface area contributed by atoms with Gasteiger partial charge in [-0.3, -0.25) is 9.59 Å². The largest absolute Gasteiger partial charge is 0.369 e. The number of hydrogen-bond donors (Lipinski definition) is 0. The summed E-state index contributed by atoms with van der Waals surface area (Å²) in [6, 6.07) is 0. The fraction of sp³-hybridized carbons (Fsp3) is 0.909. The molecule has 6 heteroatoms. The summed E-state index contributed by atoms with van der Waals surface area (Å²) in [6.45, 7) is 13.1. The van der Waals surface area contributed by atoms with E-state index in [0.29, 0.717) is 36.9 Å². The maximum atomic E-state index is 12.3. The molecule has 0 aromatic heterocycles. The van der Waals surface area contributed by atoms with Gasteiger partial charge in [0, 0.05) is 26.2 Å². The summed E-state index contributed by atoms with van der Waals surface area (Å²) in [5.74, 6) is 2.61. The van der Waals surface area contributed by atoms with Gasteiger partial charge in [-0.2, -0.15) is 0 Å². The molecule has 0 aromatic rings. The number of carbonyl (C=O) groups excluding carboxylic acids is 2. The molecule has 2 rings (SSSR count). The van der Waals surface area contributed by atoms with Crippen molar-refractivity contribution in [2.45, 2.75) is 53.4 Å². The summed E-state index contributed by atoms with van der Waals surface area (Å²) < 4.78 is 11.0. The molecule has 28 heavy (non-hydrogen) atoms. The van der Waals surface area contributed by atoms with E-state index in [2.05, 4.69) is 27.7 Å². The fourth-order valence-corrected chi connectivity index (χ4v) is 4.75. The highest BCUT2D eigenvalue weighted by atomic mass is 16.5. The Bertz CT molecular complexity index is 431. The lowest BCUT2D eigenvalue weighted by Crippen LogP contribution is -2.33. The van der Waals surface area contributed by atoms with Gasteiger partial charge >= 0.3 is 0 Å². The normalized spacial score (nSPS) is 27.6. The number of hydrogen-bond acceptors (Lipinski definition) is 4. The van der Waals surface area contributed by atoms with Gasteiger partial charge in [-0.25, -0.2) is 0 Å². The monoisotopic (exact) mass is 396 g/mol. The Morgan fingerprint density at radius 3 is 1.18 bits per heavy atom. The zero-order valence-corrected chi connectivity index (χ0v) is 18.3. The first-order valence-electron chi connectivity index (χ1n) is 11.2. The molecule has 0 N–H and O–H groups in total. The summed E-state index contributed by atoms with van der Waals surface area (Å²) in [5, 5.41) is 0. The van der Waals surface area contributed by atoms with Crippen molar-refractivity contribution in [2.75, 3.05) is 52.6 Å². The molecule has 0 bridgehead atoms. The van der Waals surface area contributed by atoms with Crippen molar-refractivity contribution in [1.82, 2.24) is 9.80 Å². The van der Waals surface area contributed by atoms with Gasteiger partial charge in [0.15, 0.2) is 0 Å². The van der Waals surface area contributed by atoms with Crippen molar-refractivity contribution >= 4 is 11.8 Å². The van der Waals surface area contributed by atoms with Crippen LogP contribution in [0.1, 0.15) is 53.4 Å². The molecular formula is C22H40N2O4. The van der Waals surface area contributed by atoms with Crippen molar-refractivity contribution in [2.24, 2.45) is 23.7 Å². The number of amides is 2. The highest BCUT2D eigenvalue weighted by Crippen LogP contribution is 2.29. The molecular weight excluding hydrogens is 356 g/mol. The first kappa shape index (κ1) is 23.1. The minimum Gasteiger partial charge on any atom is -0.369 e. The van der Waals surface area contributed by atoms with Crippen LogP contribution >= 0.6 is 0 Å². The Balaban J connectivity index is 1.56. The lowest BCUT2D eigenvalue weighted by atomic mass is 9.92. The van der Waals surface area contributed by atoms with Crippen molar-refractivity contribution in [3.05, 3.63) is 0 Å². The number of nitrogens with zero attached hydrogens (tertiary/aromatic N) is 2. The second-order valence-corrected chi connectivity index (χ2v) is 8.38. The van der Waals surface area contributed by atoms with E-state index in [-0.39, 0.29) is 25.0 Å². The highest BCUT2D eigenvalue weighted by Gasteiger charge is 2.33. The summed E-state index contributed by atoms with van der Waals surface area (Å²) in [7, 11) is 0. The van der Waals surface area contributed by atoms with E-state index in [4.69, 9.17) is 9.47 Å². The van der Waals surface area contributed by atoms with Crippen LogP contribution < -0.4 is 0 Å². The maximum absolute atomic E-state index is 12.3. The van der Waals surface area contributed by atoms with Crippen LogP contribution in [0.2, 0.25) is 0 Å². The van der Waals surface area contributed by atoms with Gasteiger partial charge in [0.25, 0.3) is 0 Å². The molecule has 0 radical (unpaired) electrons. The number of rotatable bonds is 11. The number of likely N-dealkylation sites (tertiary alicyclic amines) is 2. The zero-order valence-electron chi connectivity index (χ0n) is 18.3. The van der Waals surface area contributed by atoms with Crippen LogP contribution in [-0.2, 0) is 19.1 Å². The first-order valence-corrected chi connectivity index (χ1v) is 11.2. The molecule has 0 spiro atoms. The third kappa shape index (κ3) is 6.18. The summed E-state index contributed by atoms with van der Waals surface area (Å²) >= 11 is 0. The lowest BCUT2D eigenvalue weighted by Gasteiger charge is -2.17. The van der Waals surface area contributed by atoms with Gasteiger partial charge in [-0.05, 0) is 23.7 Å². The van der Waals surface area contributed by atoms with Crippen molar-refractivity contribution in [3.8, 4) is 0 Å². The van der Waals surface area contributed by atoms with Crippen LogP contribution in [0.4, 0.5) is 0 Å². The molecule has 6 nitrogen and oxygen atoms in total. The van der Waals surface area contributed by atoms with E-state index in [9.17, 15) is 9.59 Å². The second kappa shape index (κ2) is 11.8. The van der Waals surface area contributed by atoms with Crippen molar-refractivity contribution in [3.63, 3.8) is 0 Å². The van der Waals surface area contributed by atoms with Gasteiger partial charge in [0.1, 0.15) is 13.2 Å². The summed E-state index contributed by atoms with van der Waals surface area (Å²) in [4.78, 5) is 28.5. The van der Waals surface area contributed by atoms with Crippen molar-refractivity contribution in [1.29, 1.82) is 0 Å². The molecule has 4 atom stereocenters. The Morgan fingerprint density at radius 2 is 0.929 bits per heavy atom. The Hall–Kier alpha value is -1.14. The van der Waals surface area contributed by atoms with Gasteiger partial charge in [-0.1, -0.05) is 53.4 Å². The van der Waals surface area contributed by atoms with E-state index in [1.54, 1.807) is 0 Å². The van der Waals surface area contributed by atoms with Gasteiger partial charge in [0.2, 0.25) is 11.8 Å². The number of carbonyl (C=O) groups is 2. The molecule has 162 valence electrons. The third-order valence-electron chi connectivity index (χ3n) is 6.78. The van der Waals surface area contributed by atoms with E-state index < -0.39 is 0 Å². The average molecular weight is 397 g/mol. The number of ether oxygens (including phenoxy) is 2. The minimum absolute atomic E-state index is 0.0683. The van der Waals surface area contributed by atoms with E-state index >= 15 is 0 Å². The Morgan fingerprint density at radius 1 is 0.643 bits per heavy atom. The SMILES string of the molecule is CCC1CN(C(=O)COCCOCC(=O)N2CC(CC)C(CC)C2)CC1CC. The molecule has 0 saturated carbocycles. The third-order valence-corrected chi connectivity index (χ3v) is 6.78. The predicted molar refractivity (Wildman–Crippen MR) is 110 cm³/mol. The van der Waals surface area contributed by atoms with E-state index in [0.717, 1.165) is 51.9 Å².